The molecule has 0 heterocycles. The van der Waals surface area contributed by atoms with Crippen LogP contribution in [-0.2, 0) is 10.0 Å². The van der Waals surface area contributed by atoms with Crippen molar-refractivity contribution in [3.8, 4) is 0 Å². The lowest BCUT2D eigenvalue weighted by Gasteiger charge is -2.11. The Morgan fingerprint density at radius 2 is 1.86 bits per heavy atom. The molecule has 0 saturated heterocycles. The highest BCUT2D eigenvalue weighted by molar-refractivity contribution is 7.92. The Morgan fingerprint density at radius 1 is 1.18 bits per heavy atom. The van der Waals surface area contributed by atoms with Gasteiger partial charge in [-0.2, -0.15) is 0 Å². The van der Waals surface area contributed by atoms with E-state index in [1.165, 1.54) is 38.1 Å². The van der Waals surface area contributed by atoms with Gasteiger partial charge in [-0.15, -0.1) is 0 Å². The molecular formula is C14H13FN2O4S. The van der Waals surface area contributed by atoms with E-state index >= 15 is 0 Å². The zero-order chi connectivity index (χ0) is 16.5. The van der Waals surface area contributed by atoms with Crippen LogP contribution in [0.3, 0.4) is 0 Å². The molecule has 2 rings (SSSR count). The Labute approximate surface area is 126 Å². The normalized spacial score (nSPS) is 11.2. The van der Waals surface area contributed by atoms with Gasteiger partial charge < -0.3 is 0 Å². The molecule has 0 spiro atoms. The largest absolute Gasteiger partial charge is 0.279 e. The fourth-order valence-electron chi connectivity index (χ4n) is 1.92. The summed E-state index contributed by atoms with van der Waals surface area (Å²) in [6.45, 7) is 2.90. The Balaban J connectivity index is 2.43. The van der Waals surface area contributed by atoms with E-state index in [1.807, 2.05) is 0 Å². The highest BCUT2D eigenvalue weighted by atomic mass is 32.2. The zero-order valence-corrected chi connectivity index (χ0v) is 12.6. The van der Waals surface area contributed by atoms with Crippen molar-refractivity contribution >= 4 is 21.4 Å². The maximum Gasteiger partial charge on any atom is 0.274 e. The monoisotopic (exact) mass is 324 g/mol. The first-order valence-electron chi connectivity index (χ1n) is 6.25. The summed E-state index contributed by atoms with van der Waals surface area (Å²) >= 11 is 0. The van der Waals surface area contributed by atoms with Crippen molar-refractivity contribution < 1.29 is 17.7 Å². The molecule has 0 aliphatic rings. The second-order valence-electron chi connectivity index (χ2n) is 4.72. The standard InChI is InChI=1S/C14H13FN2O4S/c1-9-8-11(6-7-12(9)15)22(20,21)16-13-4-3-5-14(10(13)2)17(18)19/h3-8,16H,1-2H3. The van der Waals surface area contributed by atoms with Gasteiger partial charge in [-0.05, 0) is 43.7 Å². The number of hydrogen-bond acceptors (Lipinski definition) is 4. The first kappa shape index (κ1) is 15.9. The van der Waals surface area contributed by atoms with Crippen LogP contribution in [0.1, 0.15) is 11.1 Å². The summed E-state index contributed by atoms with van der Waals surface area (Å²) in [5.74, 6) is -0.509. The minimum absolute atomic E-state index is 0.108. The van der Waals surface area contributed by atoms with Crippen LogP contribution < -0.4 is 4.72 Å². The van der Waals surface area contributed by atoms with Gasteiger partial charge in [-0.3, -0.25) is 14.8 Å². The van der Waals surface area contributed by atoms with Crippen LogP contribution in [-0.4, -0.2) is 13.3 Å². The maximum atomic E-state index is 13.2. The summed E-state index contributed by atoms with van der Waals surface area (Å²) in [6.07, 6.45) is 0. The SMILES string of the molecule is Cc1cc(S(=O)(=O)Nc2cccc([N+](=O)[O-])c2C)ccc1F. The van der Waals surface area contributed by atoms with Gasteiger partial charge in [0, 0.05) is 6.07 Å². The van der Waals surface area contributed by atoms with Crippen LogP contribution in [0.2, 0.25) is 0 Å². The lowest BCUT2D eigenvalue weighted by atomic mass is 10.2. The molecule has 2 aromatic carbocycles. The van der Waals surface area contributed by atoms with Gasteiger partial charge in [-0.25, -0.2) is 12.8 Å². The van der Waals surface area contributed by atoms with Gasteiger partial charge in [0.15, 0.2) is 0 Å². The number of anilines is 1. The van der Waals surface area contributed by atoms with E-state index in [1.54, 1.807) is 0 Å². The van der Waals surface area contributed by atoms with E-state index in [4.69, 9.17) is 0 Å². The molecule has 2 aromatic rings. The Bertz CT molecular complexity index is 850. The van der Waals surface area contributed by atoms with Crippen LogP contribution in [0.5, 0.6) is 0 Å². The van der Waals surface area contributed by atoms with Gasteiger partial charge >= 0.3 is 0 Å². The van der Waals surface area contributed by atoms with E-state index in [-0.39, 0.29) is 27.4 Å². The lowest BCUT2D eigenvalue weighted by molar-refractivity contribution is -0.385. The average molecular weight is 324 g/mol. The van der Waals surface area contributed by atoms with Crippen molar-refractivity contribution in [2.75, 3.05) is 4.72 Å². The molecule has 0 bridgehead atoms. The molecular weight excluding hydrogens is 311 g/mol. The van der Waals surface area contributed by atoms with Crippen LogP contribution >= 0.6 is 0 Å². The third-order valence-electron chi connectivity index (χ3n) is 3.19. The smallest absolute Gasteiger partial charge is 0.274 e. The molecule has 0 aliphatic heterocycles. The number of hydrogen-bond donors (Lipinski definition) is 1. The summed E-state index contributed by atoms with van der Waals surface area (Å²) in [4.78, 5) is 10.2. The van der Waals surface area contributed by atoms with Crippen molar-refractivity contribution in [1.82, 2.24) is 0 Å². The van der Waals surface area contributed by atoms with Gasteiger partial charge in [-0.1, -0.05) is 6.07 Å². The predicted molar refractivity (Wildman–Crippen MR) is 79.8 cm³/mol. The Hall–Kier alpha value is -2.48. The maximum absolute atomic E-state index is 13.2. The van der Waals surface area contributed by atoms with E-state index in [0.717, 1.165) is 12.1 Å². The Kier molecular flexibility index (Phi) is 4.14. The number of benzene rings is 2. The van der Waals surface area contributed by atoms with Crippen molar-refractivity contribution in [2.45, 2.75) is 18.7 Å². The van der Waals surface area contributed by atoms with Gasteiger partial charge in [0.05, 0.1) is 21.1 Å². The summed E-state index contributed by atoms with van der Waals surface area (Å²) in [5.41, 5.74) is 0.320. The van der Waals surface area contributed by atoms with E-state index < -0.39 is 20.8 Å². The third kappa shape index (κ3) is 3.06. The van der Waals surface area contributed by atoms with Crippen LogP contribution in [0.15, 0.2) is 41.3 Å². The lowest BCUT2D eigenvalue weighted by Crippen LogP contribution is -2.14. The third-order valence-corrected chi connectivity index (χ3v) is 4.55. The number of nitrogens with zero attached hydrogens (tertiary/aromatic N) is 1. The zero-order valence-electron chi connectivity index (χ0n) is 11.8. The molecule has 8 heteroatoms. The summed E-state index contributed by atoms with van der Waals surface area (Å²) in [5, 5.41) is 10.9. The molecule has 0 aromatic heterocycles. The number of rotatable bonds is 4. The predicted octanol–water partition coefficient (Wildman–Crippen LogP) is 3.15. The van der Waals surface area contributed by atoms with Gasteiger partial charge in [0.25, 0.3) is 15.7 Å². The molecule has 0 unspecified atom stereocenters. The van der Waals surface area contributed by atoms with Crippen LogP contribution in [0, 0.1) is 29.8 Å². The molecule has 116 valence electrons. The number of halogens is 1. The molecule has 22 heavy (non-hydrogen) atoms. The van der Waals surface area contributed by atoms with Crippen molar-refractivity contribution in [3.05, 3.63) is 63.5 Å². The fraction of sp³-hybridized carbons (Fsp3) is 0.143. The van der Waals surface area contributed by atoms with E-state index in [0.29, 0.717) is 0 Å². The molecule has 0 aliphatic carbocycles. The van der Waals surface area contributed by atoms with Gasteiger partial charge in [0.1, 0.15) is 5.82 Å². The number of sulfonamides is 1. The minimum Gasteiger partial charge on any atom is -0.279 e. The quantitative estimate of drug-likeness (QED) is 0.691. The second-order valence-corrected chi connectivity index (χ2v) is 6.41. The van der Waals surface area contributed by atoms with Crippen LogP contribution in [0.25, 0.3) is 0 Å². The molecule has 0 radical (unpaired) electrons. The Morgan fingerprint density at radius 3 is 2.45 bits per heavy atom. The minimum atomic E-state index is -3.96. The molecule has 0 saturated carbocycles. The molecule has 0 fully saturated rings. The number of nitro benzene ring substituents is 1. The van der Waals surface area contributed by atoms with Crippen molar-refractivity contribution in [3.63, 3.8) is 0 Å². The molecule has 6 nitrogen and oxygen atoms in total. The van der Waals surface area contributed by atoms with Crippen molar-refractivity contribution in [2.24, 2.45) is 0 Å². The average Bonchev–Trinajstić information content (AvgIpc) is 2.43. The summed E-state index contributed by atoms with van der Waals surface area (Å²) in [6, 6.07) is 7.50. The molecule has 1 N–H and O–H groups in total. The summed E-state index contributed by atoms with van der Waals surface area (Å²) in [7, 11) is -3.96. The topological polar surface area (TPSA) is 89.3 Å². The number of nitrogens with one attached hydrogen (secondary N) is 1. The second kappa shape index (κ2) is 5.72. The number of aryl methyl sites for hydroxylation is 1. The highest BCUT2D eigenvalue weighted by Gasteiger charge is 2.19. The number of nitro groups is 1. The van der Waals surface area contributed by atoms with Crippen molar-refractivity contribution in [1.29, 1.82) is 0 Å². The van der Waals surface area contributed by atoms with E-state index in [9.17, 15) is 22.9 Å². The fourth-order valence-corrected chi connectivity index (χ4v) is 3.13. The first-order chi connectivity index (χ1) is 10.2. The van der Waals surface area contributed by atoms with Gasteiger partial charge in [0.2, 0.25) is 0 Å². The van der Waals surface area contributed by atoms with E-state index in [2.05, 4.69) is 4.72 Å². The summed E-state index contributed by atoms with van der Waals surface area (Å²) < 4.78 is 40.1. The first-order valence-corrected chi connectivity index (χ1v) is 7.73. The molecule has 0 atom stereocenters. The highest BCUT2D eigenvalue weighted by Crippen LogP contribution is 2.27. The molecule has 0 amide bonds. The van der Waals surface area contributed by atoms with Crippen LogP contribution in [0.4, 0.5) is 15.8 Å².